The minimum Gasteiger partial charge on any atom is -0.462 e. The molecule has 6 heteroatoms. The molecule has 0 rings (SSSR count). The van der Waals surface area contributed by atoms with E-state index in [4.69, 9.17) is 4.74 Å². The topological polar surface area (TPSA) is 35.5 Å². The third kappa shape index (κ3) is 8.28. The second-order valence-electron chi connectivity index (χ2n) is 3.20. The highest BCUT2D eigenvalue weighted by molar-refractivity contribution is 5.87. The molecule has 0 atom stereocenters. The molecular weight excluding hydrogens is 225 g/mol. The number of ether oxygens (including phenoxy) is 2. The number of halogens is 3. The van der Waals surface area contributed by atoms with Crippen molar-refractivity contribution in [2.24, 2.45) is 0 Å². The second-order valence-corrected chi connectivity index (χ2v) is 3.20. The Morgan fingerprint density at radius 1 is 1.38 bits per heavy atom. The molecule has 0 spiro atoms. The van der Waals surface area contributed by atoms with Crippen LogP contribution in [-0.4, -0.2) is 32.0 Å². The van der Waals surface area contributed by atoms with Crippen LogP contribution in [0.1, 0.15) is 19.8 Å². The summed E-state index contributed by atoms with van der Waals surface area (Å²) in [4.78, 5) is 11.1. The number of unbranched alkanes of at least 4 members (excludes halogenated alkanes) is 1. The smallest absolute Gasteiger partial charge is 0.411 e. The SMILES string of the molecule is C=C(COCC(F)(F)F)C(=O)OCCCC. The average Bonchev–Trinajstić information content (AvgIpc) is 2.15. The van der Waals surface area contributed by atoms with Gasteiger partial charge >= 0.3 is 12.1 Å². The molecule has 0 aromatic carbocycles. The van der Waals surface area contributed by atoms with Gasteiger partial charge in [-0.2, -0.15) is 13.2 Å². The fraction of sp³-hybridized carbons (Fsp3) is 0.700. The van der Waals surface area contributed by atoms with Crippen LogP contribution in [0.15, 0.2) is 12.2 Å². The molecule has 0 heterocycles. The normalized spacial score (nSPS) is 11.2. The van der Waals surface area contributed by atoms with Crippen molar-refractivity contribution in [3.05, 3.63) is 12.2 Å². The zero-order chi connectivity index (χ0) is 12.6. The van der Waals surface area contributed by atoms with E-state index in [0.29, 0.717) is 6.42 Å². The lowest BCUT2D eigenvalue weighted by Gasteiger charge is -2.09. The monoisotopic (exact) mass is 240 g/mol. The third-order valence-electron chi connectivity index (χ3n) is 1.56. The first-order valence-corrected chi connectivity index (χ1v) is 4.86. The predicted molar refractivity (Wildman–Crippen MR) is 51.9 cm³/mol. The van der Waals surface area contributed by atoms with Crippen molar-refractivity contribution < 1.29 is 27.4 Å². The van der Waals surface area contributed by atoms with Crippen LogP contribution in [0.4, 0.5) is 13.2 Å². The first-order chi connectivity index (χ1) is 7.37. The van der Waals surface area contributed by atoms with Crippen molar-refractivity contribution >= 4 is 5.97 Å². The summed E-state index contributed by atoms with van der Waals surface area (Å²) in [5.74, 6) is -0.712. The molecule has 0 unspecified atom stereocenters. The summed E-state index contributed by atoms with van der Waals surface area (Å²) in [6.07, 6.45) is -2.82. The minimum atomic E-state index is -4.40. The van der Waals surface area contributed by atoms with Gasteiger partial charge in [0.2, 0.25) is 0 Å². The van der Waals surface area contributed by atoms with Gasteiger partial charge < -0.3 is 9.47 Å². The number of esters is 1. The highest BCUT2D eigenvalue weighted by Crippen LogP contribution is 2.14. The van der Waals surface area contributed by atoms with E-state index >= 15 is 0 Å². The van der Waals surface area contributed by atoms with E-state index in [-0.39, 0.29) is 12.2 Å². The predicted octanol–water partition coefficient (Wildman–Crippen LogP) is 2.46. The van der Waals surface area contributed by atoms with Gasteiger partial charge in [0.15, 0.2) is 0 Å². The van der Waals surface area contributed by atoms with Crippen LogP contribution in [-0.2, 0) is 14.3 Å². The number of hydrogen-bond donors (Lipinski definition) is 0. The molecule has 0 saturated heterocycles. The van der Waals surface area contributed by atoms with Gasteiger partial charge in [0, 0.05) is 0 Å². The molecule has 0 aliphatic rings. The summed E-state index contributed by atoms with van der Waals surface area (Å²) < 4.78 is 44.0. The average molecular weight is 240 g/mol. The highest BCUT2D eigenvalue weighted by Gasteiger charge is 2.27. The zero-order valence-corrected chi connectivity index (χ0v) is 9.10. The van der Waals surface area contributed by atoms with Crippen molar-refractivity contribution in [1.82, 2.24) is 0 Å². The summed E-state index contributed by atoms with van der Waals surface area (Å²) >= 11 is 0. The van der Waals surface area contributed by atoms with Crippen LogP contribution in [0.5, 0.6) is 0 Å². The number of hydrogen-bond acceptors (Lipinski definition) is 3. The quantitative estimate of drug-likeness (QED) is 0.389. The van der Waals surface area contributed by atoms with Crippen molar-refractivity contribution in [1.29, 1.82) is 0 Å². The van der Waals surface area contributed by atoms with Crippen LogP contribution >= 0.6 is 0 Å². The van der Waals surface area contributed by atoms with Gasteiger partial charge in [-0.3, -0.25) is 0 Å². The standard InChI is InChI=1S/C10H15F3O3/c1-3-4-5-16-9(14)8(2)6-15-7-10(11,12)13/h2-7H2,1H3. The molecule has 0 aromatic rings. The molecule has 0 aromatic heterocycles. The molecule has 3 nitrogen and oxygen atoms in total. The molecule has 0 fully saturated rings. The largest absolute Gasteiger partial charge is 0.462 e. The lowest BCUT2D eigenvalue weighted by atomic mass is 10.3. The fourth-order valence-corrected chi connectivity index (χ4v) is 0.760. The fourth-order valence-electron chi connectivity index (χ4n) is 0.760. The maximum absolute atomic E-state index is 11.7. The molecule has 0 radical (unpaired) electrons. The summed E-state index contributed by atoms with van der Waals surface area (Å²) in [6, 6.07) is 0. The zero-order valence-electron chi connectivity index (χ0n) is 9.10. The Hall–Kier alpha value is -1.04. The lowest BCUT2D eigenvalue weighted by molar-refractivity contribution is -0.173. The Labute approximate surface area is 92.2 Å². The van der Waals surface area contributed by atoms with E-state index in [1.165, 1.54) is 0 Å². The number of carbonyl (C=O) groups is 1. The van der Waals surface area contributed by atoms with E-state index in [0.717, 1.165) is 6.42 Å². The van der Waals surface area contributed by atoms with Gasteiger partial charge in [0.05, 0.1) is 18.8 Å². The van der Waals surface area contributed by atoms with Gasteiger partial charge in [-0.1, -0.05) is 19.9 Å². The summed E-state index contributed by atoms with van der Waals surface area (Å²) in [6.45, 7) is 3.59. The van der Waals surface area contributed by atoms with E-state index in [1.54, 1.807) is 0 Å². The first kappa shape index (κ1) is 15.0. The molecule has 0 aliphatic carbocycles. The Balaban J connectivity index is 3.68. The van der Waals surface area contributed by atoms with Crippen LogP contribution < -0.4 is 0 Å². The highest BCUT2D eigenvalue weighted by atomic mass is 19.4. The van der Waals surface area contributed by atoms with Crippen LogP contribution in [0.2, 0.25) is 0 Å². The number of rotatable bonds is 7. The van der Waals surface area contributed by atoms with Crippen LogP contribution in [0.25, 0.3) is 0 Å². The minimum absolute atomic E-state index is 0.111. The van der Waals surface area contributed by atoms with Crippen molar-refractivity contribution in [2.75, 3.05) is 19.8 Å². The van der Waals surface area contributed by atoms with Gasteiger partial charge in [0.25, 0.3) is 0 Å². The van der Waals surface area contributed by atoms with Crippen molar-refractivity contribution in [2.45, 2.75) is 25.9 Å². The van der Waals surface area contributed by atoms with Gasteiger partial charge in [-0.05, 0) is 6.42 Å². The van der Waals surface area contributed by atoms with Gasteiger partial charge in [-0.15, -0.1) is 0 Å². The molecule has 0 bridgehead atoms. The molecule has 0 N–H and O–H groups in total. The first-order valence-electron chi connectivity index (χ1n) is 4.86. The lowest BCUT2D eigenvalue weighted by Crippen LogP contribution is -2.20. The summed E-state index contributed by atoms with van der Waals surface area (Å²) in [5.41, 5.74) is -0.111. The van der Waals surface area contributed by atoms with Crippen LogP contribution in [0, 0.1) is 0 Å². The van der Waals surface area contributed by atoms with Crippen LogP contribution in [0.3, 0.4) is 0 Å². The molecule has 0 saturated carbocycles. The molecule has 0 aliphatic heterocycles. The Bertz CT molecular complexity index is 236. The number of carbonyl (C=O) groups excluding carboxylic acids is 1. The molecule has 16 heavy (non-hydrogen) atoms. The van der Waals surface area contributed by atoms with E-state index in [9.17, 15) is 18.0 Å². The molecule has 0 amide bonds. The Morgan fingerprint density at radius 3 is 2.50 bits per heavy atom. The maximum atomic E-state index is 11.7. The van der Waals surface area contributed by atoms with Gasteiger partial charge in [-0.25, -0.2) is 4.79 Å². The van der Waals surface area contributed by atoms with E-state index < -0.39 is 25.4 Å². The van der Waals surface area contributed by atoms with E-state index in [2.05, 4.69) is 11.3 Å². The van der Waals surface area contributed by atoms with Gasteiger partial charge in [0.1, 0.15) is 6.61 Å². The number of alkyl halides is 3. The second kappa shape index (κ2) is 7.27. The third-order valence-corrected chi connectivity index (χ3v) is 1.56. The van der Waals surface area contributed by atoms with E-state index in [1.807, 2.05) is 6.92 Å². The summed E-state index contributed by atoms with van der Waals surface area (Å²) in [7, 11) is 0. The Kier molecular flexibility index (Phi) is 6.80. The molecular formula is C10H15F3O3. The maximum Gasteiger partial charge on any atom is 0.411 e. The molecule has 94 valence electrons. The van der Waals surface area contributed by atoms with Crippen molar-refractivity contribution in [3.63, 3.8) is 0 Å². The Morgan fingerprint density at radius 2 is 2.00 bits per heavy atom. The van der Waals surface area contributed by atoms with Crippen molar-refractivity contribution in [3.8, 4) is 0 Å². The summed E-state index contributed by atoms with van der Waals surface area (Å²) in [5, 5.41) is 0.